The van der Waals surface area contributed by atoms with Crippen molar-refractivity contribution in [2.24, 2.45) is 11.1 Å². The van der Waals surface area contributed by atoms with Crippen LogP contribution >= 0.6 is 15.9 Å². The molecule has 0 saturated carbocycles. The van der Waals surface area contributed by atoms with Crippen LogP contribution < -0.4 is 5.73 Å². The molecule has 0 saturated heterocycles. The van der Waals surface area contributed by atoms with Gasteiger partial charge >= 0.3 is 0 Å². The first-order chi connectivity index (χ1) is 7.85. The van der Waals surface area contributed by atoms with Crippen molar-refractivity contribution >= 4 is 15.9 Å². The number of hydrogen-bond acceptors (Lipinski definition) is 2. The second-order valence-corrected chi connectivity index (χ2v) is 6.52. The first-order valence-electron chi connectivity index (χ1n) is 5.98. The van der Waals surface area contributed by atoms with Gasteiger partial charge in [0.15, 0.2) is 0 Å². The highest BCUT2D eigenvalue weighted by atomic mass is 79.9. The molecule has 0 spiro atoms. The van der Waals surface area contributed by atoms with E-state index in [2.05, 4.69) is 73.0 Å². The fourth-order valence-corrected chi connectivity index (χ4v) is 2.34. The summed E-state index contributed by atoms with van der Waals surface area (Å²) in [4.78, 5) is 2.26. The van der Waals surface area contributed by atoms with Gasteiger partial charge in [-0.3, -0.25) is 0 Å². The van der Waals surface area contributed by atoms with E-state index >= 15 is 0 Å². The Kier molecular flexibility index (Phi) is 5.17. The first kappa shape index (κ1) is 14.7. The average molecular weight is 299 g/mol. The summed E-state index contributed by atoms with van der Waals surface area (Å²) in [6, 6.07) is 8.93. The minimum absolute atomic E-state index is 0.164. The Bertz CT molecular complexity index is 361. The molecular formula is C14H23BrN2. The van der Waals surface area contributed by atoms with Gasteiger partial charge in [-0.25, -0.2) is 0 Å². The molecular weight excluding hydrogens is 276 g/mol. The third-order valence-electron chi connectivity index (χ3n) is 3.16. The summed E-state index contributed by atoms with van der Waals surface area (Å²) in [5.74, 6) is 0. The molecule has 1 unspecified atom stereocenters. The van der Waals surface area contributed by atoms with E-state index in [0.29, 0.717) is 12.6 Å². The van der Waals surface area contributed by atoms with E-state index in [4.69, 9.17) is 5.73 Å². The number of halogens is 1. The molecule has 0 aliphatic carbocycles. The zero-order valence-electron chi connectivity index (χ0n) is 11.2. The van der Waals surface area contributed by atoms with Gasteiger partial charge in [-0.05, 0) is 50.2 Å². The van der Waals surface area contributed by atoms with Crippen LogP contribution in [0.4, 0.5) is 0 Å². The molecule has 3 heteroatoms. The zero-order chi connectivity index (χ0) is 13.1. The summed E-state index contributed by atoms with van der Waals surface area (Å²) < 4.78 is 1.13. The van der Waals surface area contributed by atoms with Gasteiger partial charge in [0, 0.05) is 10.5 Å². The van der Waals surface area contributed by atoms with E-state index < -0.39 is 0 Å². The molecule has 0 radical (unpaired) electrons. The van der Waals surface area contributed by atoms with Crippen molar-refractivity contribution in [2.75, 3.05) is 20.6 Å². The molecule has 0 amide bonds. The largest absolute Gasteiger partial charge is 0.330 e. The lowest BCUT2D eigenvalue weighted by Gasteiger charge is -2.33. The van der Waals surface area contributed by atoms with Crippen molar-refractivity contribution in [3.63, 3.8) is 0 Å². The SMILES string of the molecule is CN(C)C(CC(C)(C)CN)c1cccc(Br)c1. The van der Waals surface area contributed by atoms with Gasteiger partial charge in [0.25, 0.3) is 0 Å². The van der Waals surface area contributed by atoms with Crippen molar-refractivity contribution < 1.29 is 0 Å². The summed E-state index contributed by atoms with van der Waals surface area (Å²) in [6.07, 6.45) is 1.06. The van der Waals surface area contributed by atoms with E-state index in [9.17, 15) is 0 Å². The quantitative estimate of drug-likeness (QED) is 0.902. The van der Waals surface area contributed by atoms with Crippen LogP contribution in [0, 0.1) is 5.41 Å². The van der Waals surface area contributed by atoms with Gasteiger partial charge in [-0.15, -0.1) is 0 Å². The maximum Gasteiger partial charge on any atom is 0.0347 e. The molecule has 0 aliphatic rings. The maximum absolute atomic E-state index is 5.83. The Morgan fingerprint density at radius 2 is 2.00 bits per heavy atom. The molecule has 0 fully saturated rings. The second kappa shape index (κ2) is 5.98. The number of rotatable bonds is 5. The Morgan fingerprint density at radius 1 is 1.35 bits per heavy atom. The highest BCUT2D eigenvalue weighted by Gasteiger charge is 2.24. The van der Waals surface area contributed by atoms with E-state index in [1.807, 2.05) is 0 Å². The predicted molar refractivity (Wildman–Crippen MR) is 78.0 cm³/mol. The fraction of sp³-hybridized carbons (Fsp3) is 0.571. The Balaban J connectivity index is 2.94. The van der Waals surface area contributed by atoms with Crippen molar-refractivity contribution in [3.8, 4) is 0 Å². The number of hydrogen-bond donors (Lipinski definition) is 1. The van der Waals surface area contributed by atoms with Gasteiger partial charge in [0.05, 0.1) is 0 Å². The van der Waals surface area contributed by atoms with Gasteiger partial charge in [0.2, 0.25) is 0 Å². The molecule has 0 aliphatic heterocycles. The average Bonchev–Trinajstić information content (AvgIpc) is 2.25. The van der Waals surface area contributed by atoms with Crippen molar-refractivity contribution in [1.82, 2.24) is 4.90 Å². The molecule has 1 aromatic carbocycles. The van der Waals surface area contributed by atoms with Gasteiger partial charge in [-0.1, -0.05) is 41.9 Å². The van der Waals surface area contributed by atoms with Crippen LogP contribution in [-0.2, 0) is 0 Å². The fourth-order valence-electron chi connectivity index (χ4n) is 1.92. The van der Waals surface area contributed by atoms with Crippen LogP contribution in [0.1, 0.15) is 31.9 Å². The topological polar surface area (TPSA) is 29.3 Å². The lowest BCUT2D eigenvalue weighted by atomic mass is 9.83. The minimum atomic E-state index is 0.164. The Morgan fingerprint density at radius 3 is 2.47 bits per heavy atom. The zero-order valence-corrected chi connectivity index (χ0v) is 12.8. The number of benzene rings is 1. The third-order valence-corrected chi connectivity index (χ3v) is 3.65. The van der Waals surface area contributed by atoms with E-state index in [1.165, 1.54) is 5.56 Å². The van der Waals surface area contributed by atoms with Crippen molar-refractivity contribution in [3.05, 3.63) is 34.3 Å². The molecule has 1 atom stereocenters. The van der Waals surface area contributed by atoms with Crippen LogP contribution in [0.5, 0.6) is 0 Å². The summed E-state index contributed by atoms with van der Waals surface area (Å²) in [5.41, 5.74) is 7.34. The molecule has 96 valence electrons. The van der Waals surface area contributed by atoms with Crippen LogP contribution in [0.3, 0.4) is 0 Å². The highest BCUT2D eigenvalue weighted by molar-refractivity contribution is 9.10. The molecule has 2 nitrogen and oxygen atoms in total. The van der Waals surface area contributed by atoms with Crippen LogP contribution in [0.25, 0.3) is 0 Å². The third kappa shape index (κ3) is 4.41. The lowest BCUT2D eigenvalue weighted by molar-refractivity contribution is 0.202. The van der Waals surface area contributed by atoms with E-state index in [0.717, 1.165) is 10.9 Å². The first-order valence-corrected chi connectivity index (χ1v) is 6.77. The highest BCUT2D eigenvalue weighted by Crippen LogP contribution is 2.33. The molecule has 1 rings (SSSR count). The molecule has 0 aromatic heterocycles. The Hall–Kier alpha value is -0.380. The van der Waals surface area contributed by atoms with Crippen LogP contribution in [-0.4, -0.2) is 25.5 Å². The van der Waals surface area contributed by atoms with Gasteiger partial charge in [-0.2, -0.15) is 0 Å². The van der Waals surface area contributed by atoms with Crippen molar-refractivity contribution in [2.45, 2.75) is 26.3 Å². The number of nitrogens with two attached hydrogens (primary N) is 1. The van der Waals surface area contributed by atoms with E-state index in [1.54, 1.807) is 0 Å². The second-order valence-electron chi connectivity index (χ2n) is 5.61. The molecule has 0 bridgehead atoms. The van der Waals surface area contributed by atoms with Crippen molar-refractivity contribution in [1.29, 1.82) is 0 Å². The minimum Gasteiger partial charge on any atom is -0.330 e. The molecule has 17 heavy (non-hydrogen) atoms. The molecule has 0 heterocycles. The smallest absolute Gasteiger partial charge is 0.0347 e. The monoisotopic (exact) mass is 298 g/mol. The molecule has 2 N–H and O–H groups in total. The lowest BCUT2D eigenvalue weighted by Crippen LogP contribution is -2.31. The maximum atomic E-state index is 5.83. The summed E-state index contributed by atoms with van der Waals surface area (Å²) in [7, 11) is 4.25. The molecule has 1 aromatic rings. The summed E-state index contributed by atoms with van der Waals surface area (Å²) >= 11 is 3.53. The van der Waals surface area contributed by atoms with Crippen LogP contribution in [0.15, 0.2) is 28.7 Å². The number of nitrogens with zero attached hydrogens (tertiary/aromatic N) is 1. The summed E-state index contributed by atoms with van der Waals surface area (Å²) in [5, 5.41) is 0. The van der Waals surface area contributed by atoms with E-state index in [-0.39, 0.29) is 5.41 Å². The standard InChI is InChI=1S/C14H23BrN2/c1-14(2,10-16)9-13(17(3)4)11-6-5-7-12(15)8-11/h5-8,13H,9-10,16H2,1-4H3. The predicted octanol–water partition coefficient (Wildman–Crippen LogP) is 3.43. The van der Waals surface area contributed by atoms with Gasteiger partial charge < -0.3 is 10.6 Å². The Labute approximate surface area is 113 Å². The van der Waals surface area contributed by atoms with Gasteiger partial charge in [0.1, 0.15) is 0 Å². The normalized spacial score (nSPS) is 14.1. The summed E-state index contributed by atoms with van der Waals surface area (Å²) in [6.45, 7) is 5.16. The van der Waals surface area contributed by atoms with Crippen LogP contribution in [0.2, 0.25) is 0 Å².